The number of rotatable bonds is 5. The van der Waals surface area contributed by atoms with Gasteiger partial charge in [-0.05, 0) is 19.1 Å². The van der Waals surface area contributed by atoms with Gasteiger partial charge >= 0.3 is 5.97 Å². The van der Waals surface area contributed by atoms with E-state index in [-0.39, 0.29) is 6.04 Å². The van der Waals surface area contributed by atoms with Gasteiger partial charge in [-0.3, -0.25) is 4.21 Å². The minimum Gasteiger partial charge on any atom is -0.465 e. The lowest BCUT2D eigenvalue weighted by atomic mass is 10.1. The van der Waals surface area contributed by atoms with Crippen molar-refractivity contribution in [1.29, 1.82) is 0 Å². The summed E-state index contributed by atoms with van der Waals surface area (Å²) in [4.78, 5) is 11.5. The van der Waals surface area contributed by atoms with E-state index in [1.807, 2.05) is 6.92 Å². The zero-order chi connectivity index (χ0) is 13.7. The molecule has 18 heavy (non-hydrogen) atoms. The summed E-state index contributed by atoms with van der Waals surface area (Å²) in [6, 6.07) is 5.11. The lowest BCUT2D eigenvalue weighted by Gasteiger charge is -2.16. The third kappa shape index (κ3) is 3.73. The molecular weight excluding hydrogens is 252 g/mol. The Hall–Kier alpha value is -1.56. The molecule has 3 N–H and O–H groups in total. The zero-order valence-corrected chi connectivity index (χ0v) is 11.5. The van der Waals surface area contributed by atoms with Crippen LogP contribution in [0.2, 0.25) is 0 Å². The van der Waals surface area contributed by atoms with Crippen LogP contribution in [0.4, 0.5) is 11.4 Å². The summed E-state index contributed by atoms with van der Waals surface area (Å²) in [7, 11) is 0.424. The standard InChI is InChI=1S/C12H18N2O3S/c1-8(7-18(3)16)14-10-6-4-5-9(11(10)13)12(15)17-2/h4-6,8,14H,7,13H2,1-3H3. The van der Waals surface area contributed by atoms with E-state index in [9.17, 15) is 9.00 Å². The van der Waals surface area contributed by atoms with Crippen LogP contribution in [0.5, 0.6) is 0 Å². The predicted molar refractivity (Wildman–Crippen MR) is 74.2 cm³/mol. The van der Waals surface area contributed by atoms with Gasteiger partial charge in [-0.2, -0.15) is 0 Å². The molecule has 1 aromatic rings. The Balaban J connectivity index is 2.90. The fraction of sp³-hybridized carbons (Fsp3) is 0.417. The topological polar surface area (TPSA) is 81.4 Å². The van der Waals surface area contributed by atoms with E-state index in [4.69, 9.17) is 5.73 Å². The van der Waals surface area contributed by atoms with E-state index in [1.165, 1.54) is 7.11 Å². The van der Waals surface area contributed by atoms with Crippen molar-refractivity contribution in [3.05, 3.63) is 23.8 Å². The van der Waals surface area contributed by atoms with E-state index in [0.29, 0.717) is 22.7 Å². The molecule has 0 aromatic heterocycles. The van der Waals surface area contributed by atoms with Gasteiger partial charge in [0.2, 0.25) is 0 Å². The molecule has 0 spiro atoms. The second-order valence-corrected chi connectivity index (χ2v) is 5.52. The molecule has 0 saturated heterocycles. The summed E-state index contributed by atoms with van der Waals surface area (Å²) >= 11 is 0. The number of nitrogen functional groups attached to an aromatic ring is 1. The highest BCUT2D eigenvalue weighted by Gasteiger charge is 2.14. The van der Waals surface area contributed by atoms with Crippen LogP contribution in [-0.4, -0.2) is 35.3 Å². The summed E-state index contributed by atoms with van der Waals surface area (Å²) in [5.41, 5.74) is 7.22. The maximum Gasteiger partial charge on any atom is 0.340 e. The summed E-state index contributed by atoms with van der Waals surface area (Å²) in [5, 5.41) is 3.14. The molecule has 2 unspecified atom stereocenters. The van der Waals surface area contributed by atoms with Crippen LogP contribution in [0.25, 0.3) is 0 Å². The van der Waals surface area contributed by atoms with Crippen LogP contribution in [0, 0.1) is 0 Å². The van der Waals surface area contributed by atoms with Crippen molar-refractivity contribution in [1.82, 2.24) is 0 Å². The van der Waals surface area contributed by atoms with Gasteiger partial charge in [0.05, 0.1) is 24.0 Å². The molecular formula is C12H18N2O3S. The van der Waals surface area contributed by atoms with Crippen molar-refractivity contribution in [3.63, 3.8) is 0 Å². The van der Waals surface area contributed by atoms with Gasteiger partial charge in [0, 0.05) is 28.9 Å². The molecule has 0 amide bonds. The largest absolute Gasteiger partial charge is 0.465 e. The van der Waals surface area contributed by atoms with Crippen LogP contribution < -0.4 is 11.1 Å². The van der Waals surface area contributed by atoms with Crippen LogP contribution in [0.15, 0.2) is 18.2 Å². The molecule has 1 aromatic carbocycles. The maximum absolute atomic E-state index is 11.5. The number of carbonyl (C=O) groups excluding carboxylic acids is 1. The lowest BCUT2D eigenvalue weighted by Crippen LogP contribution is -2.23. The SMILES string of the molecule is COC(=O)c1cccc(NC(C)CS(C)=O)c1N. The van der Waals surface area contributed by atoms with Crippen LogP contribution >= 0.6 is 0 Å². The number of nitrogens with two attached hydrogens (primary N) is 1. The van der Waals surface area contributed by atoms with Crippen molar-refractivity contribution >= 4 is 28.1 Å². The molecule has 0 radical (unpaired) electrons. The molecule has 0 fully saturated rings. The highest BCUT2D eigenvalue weighted by molar-refractivity contribution is 7.84. The number of para-hydroxylation sites is 1. The third-order valence-electron chi connectivity index (χ3n) is 2.40. The first kappa shape index (κ1) is 14.5. The number of hydrogen-bond donors (Lipinski definition) is 2. The highest BCUT2D eigenvalue weighted by atomic mass is 32.2. The summed E-state index contributed by atoms with van der Waals surface area (Å²) in [6.45, 7) is 1.91. The fourth-order valence-electron chi connectivity index (χ4n) is 1.64. The van der Waals surface area contributed by atoms with Crippen LogP contribution in [0.3, 0.4) is 0 Å². The molecule has 0 aliphatic carbocycles. The summed E-state index contributed by atoms with van der Waals surface area (Å²) in [6.07, 6.45) is 1.65. The molecule has 0 heterocycles. The first-order valence-electron chi connectivity index (χ1n) is 5.49. The first-order chi connectivity index (χ1) is 8.45. The Kier molecular flexibility index (Phi) is 5.15. The minimum absolute atomic E-state index is 0.00558. The summed E-state index contributed by atoms with van der Waals surface area (Å²) < 4.78 is 15.8. The number of anilines is 2. The number of methoxy groups -OCH3 is 1. The number of esters is 1. The average molecular weight is 270 g/mol. The van der Waals surface area contributed by atoms with E-state index < -0.39 is 16.8 Å². The van der Waals surface area contributed by atoms with E-state index >= 15 is 0 Å². The molecule has 2 atom stereocenters. The lowest BCUT2D eigenvalue weighted by molar-refractivity contribution is 0.0602. The Morgan fingerprint density at radius 2 is 2.22 bits per heavy atom. The van der Waals surface area contributed by atoms with Crippen LogP contribution in [-0.2, 0) is 15.5 Å². The predicted octanol–water partition coefficient (Wildman–Crippen LogP) is 1.23. The number of nitrogens with one attached hydrogen (secondary N) is 1. The van der Waals surface area contributed by atoms with Gasteiger partial charge in [-0.25, -0.2) is 4.79 Å². The maximum atomic E-state index is 11.5. The monoisotopic (exact) mass is 270 g/mol. The van der Waals surface area contributed by atoms with E-state index in [0.717, 1.165) is 0 Å². The van der Waals surface area contributed by atoms with Gasteiger partial charge in [0.1, 0.15) is 0 Å². The number of benzene rings is 1. The normalized spacial score (nSPS) is 13.7. The van der Waals surface area contributed by atoms with Crippen molar-refractivity contribution in [3.8, 4) is 0 Å². The molecule has 0 saturated carbocycles. The van der Waals surface area contributed by atoms with Gasteiger partial charge in [-0.15, -0.1) is 0 Å². The average Bonchev–Trinajstić information content (AvgIpc) is 2.30. The van der Waals surface area contributed by atoms with E-state index in [1.54, 1.807) is 24.5 Å². The Labute approximate surface area is 109 Å². The van der Waals surface area contributed by atoms with E-state index in [2.05, 4.69) is 10.1 Å². The molecule has 0 bridgehead atoms. The van der Waals surface area contributed by atoms with Crippen molar-refractivity contribution in [2.45, 2.75) is 13.0 Å². The van der Waals surface area contributed by atoms with Gasteiger partial charge < -0.3 is 15.8 Å². The third-order valence-corrected chi connectivity index (χ3v) is 3.37. The fourth-order valence-corrected chi connectivity index (χ4v) is 2.43. The summed E-state index contributed by atoms with van der Waals surface area (Å²) in [5.74, 6) is 0.0462. The Morgan fingerprint density at radius 3 is 2.78 bits per heavy atom. The van der Waals surface area contributed by atoms with Gasteiger partial charge in [0.15, 0.2) is 0 Å². The molecule has 1 rings (SSSR count). The smallest absolute Gasteiger partial charge is 0.340 e. The van der Waals surface area contributed by atoms with Crippen molar-refractivity contribution in [2.75, 3.05) is 30.2 Å². The molecule has 5 nitrogen and oxygen atoms in total. The molecule has 0 aliphatic rings. The minimum atomic E-state index is -0.887. The van der Waals surface area contributed by atoms with Gasteiger partial charge in [-0.1, -0.05) is 6.07 Å². The second kappa shape index (κ2) is 6.39. The Bertz CT molecular complexity index is 463. The highest BCUT2D eigenvalue weighted by Crippen LogP contribution is 2.24. The van der Waals surface area contributed by atoms with Crippen LogP contribution in [0.1, 0.15) is 17.3 Å². The zero-order valence-electron chi connectivity index (χ0n) is 10.7. The van der Waals surface area contributed by atoms with Crippen molar-refractivity contribution < 1.29 is 13.7 Å². The van der Waals surface area contributed by atoms with Gasteiger partial charge in [0.25, 0.3) is 0 Å². The number of ether oxygens (including phenoxy) is 1. The molecule has 6 heteroatoms. The number of carbonyl (C=O) groups is 1. The van der Waals surface area contributed by atoms with Crippen molar-refractivity contribution in [2.24, 2.45) is 0 Å². The first-order valence-corrected chi connectivity index (χ1v) is 7.21. The molecule has 100 valence electrons. The molecule has 0 aliphatic heterocycles. The second-order valence-electron chi connectivity index (χ2n) is 4.04. The quantitative estimate of drug-likeness (QED) is 0.621. The number of hydrogen-bond acceptors (Lipinski definition) is 5. The Morgan fingerprint density at radius 1 is 1.56 bits per heavy atom.